The van der Waals surface area contributed by atoms with Gasteiger partial charge in [0, 0.05) is 6.42 Å². The summed E-state index contributed by atoms with van der Waals surface area (Å²) in [6, 6.07) is 0. The van der Waals surface area contributed by atoms with Crippen molar-refractivity contribution in [1.82, 2.24) is 0 Å². The molecule has 0 aromatic heterocycles. The zero-order valence-corrected chi connectivity index (χ0v) is 8.79. The van der Waals surface area contributed by atoms with E-state index in [0.717, 1.165) is 11.8 Å². The van der Waals surface area contributed by atoms with Crippen LogP contribution in [-0.4, -0.2) is 11.6 Å². The van der Waals surface area contributed by atoms with E-state index in [0.29, 0.717) is 12.3 Å². The molecule has 2 aliphatic carbocycles. The summed E-state index contributed by atoms with van der Waals surface area (Å²) >= 11 is 0. The average molecular weight is 194 g/mol. The van der Waals surface area contributed by atoms with E-state index < -0.39 is 0 Å². The van der Waals surface area contributed by atoms with Gasteiger partial charge in [0.05, 0.1) is 6.42 Å². The lowest BCUT2D eigenvalue weighted by atomic mass is 9.84. The quantitative estimate of drug-likeness (QED) is 0.644. The first-order valence-corrected chi connectivity index (χ1v) is 5.66. The zero-order chi connectivity index (χ0) is 10.1. The molecule has 0 saturated heterocycles. The maximum absolute atomic E-state index is 11.5. The van der Waals surface area contributed by atoms with Crippen molar-refractivity contribution in [3.63, 3.8) is 0 Å². The van der Waals surface area contributed by atoms with Crippen LogP contribution in [0.5, 0.6) is 0 Å². The minimum Gasteiger partial charge on any atom is -0.300 e. The van der Waals surface area contributed by atoms with Gasteiger partial charge in [-0.05, 0) is 43.9 Å². The van der Waals surface area contributed by atoms with Crippen LogP contribution in [0.15, 0.2) is 0 Å². The number of fused-ring (bicyclic) bond motifs is 2. The Hall–Kier alpha value is -0.660. The van der Waals surface area contributed by atoms with E-state index in [9.17, 15) is 9.59 Å². The van der Waals surface area contributed by atoms with Crippen molar-refractivity contribution in [3.05, 3.63) is 0 Å². The molecule has 0 aromatic carbocycles. The van der Waals surface area contributed by atoms with Crippen molar-refractivity contribution in [2.45, 2.75) is 45.4 Å². The number of hydrogen-bond acceptors (Lipinski definition) is 2. The van der Waals surface area contributed by atoms with E-state index in [2.05, 4.69) is 0 Å². The Kier molecular flexibility index (Phi) is 2.71. The number of carbonyl (C=O) groups excluding carboxylic acids is 2. The highest BCUT2D eigenvalue weighted by molar-refractivity contribution is 5.97. The van der Waals surface area contributed by atoms with E-state index in [1.807, 2.05) is 0 Å². The number of Topliss-reactive ketones (excluding diaryl/α,β-unsaturated/α-hetero) is 2. The third-order valence-electron chi connectivity index (χ3n) is 3.82. The summed E-state index contributed by atoms with van der Waals surface area (Å²) < 4.78 is 0. The minimum absolute atomic E-state index is 0.0122. The number of carbonyl (C=O) groups is 2. The Labute approximate surface area is 85.1 Å². The lowest BCUT2D eigenvalue weighted by Gasteiger charge is -2.20. The van der Waals surface area contributed by atoms with Crippen LogP contribution in [0, 0.1) is 17.8 Å². The van der Waals surface area contributed by atoms with Crippen LogP contribution in [0.2, 0.25) is 0 Å². The van der Waals surface area contributed by atoms with E-state index in [-0.39, 0.29) is 18.0 Å². The van der Waals surface area contributed by atoms with Gasteiger partial charge in [0.25, 0.3) is 0 Å². The summed E-state index contributed by atoms with van der Waals surface area (Å²) in [5, 5.41) is 0. The molecule has 0 spiro atoms. The van der Waals surface area contributed by atoms with Crippen LogP contribution in [-0.2, 0) is 9.59 Å². The molecule has 0 N–H and O–H groups in total. The lowest BCUT2D eigenvalue weighted by molar-refractivity contribution is -0.126. The Morgan fingerprint density at radius 1 is 1.21 bits per heavy atom. The highest BCUT2D eigenvalue weighted by atomic mass is 16.1. The first-order valence-electron chi connectivity index (χ1n) is 5.66. The van der Waals surface area contributed by atoms with E-state index >= 15 is 0 Å². The normalized spacial score (nSPS) is 34.8. The number of ketones is 2. The zero-order valence-electron chi connectivity index (χ0n) is 8.79. The van der Waals surface area contributed by atoms with Crippen molar-refractivity contribution < 1.29 is 9.59 Å². The summed E-state index contributed by atoms with van der Waals surface area (Å²) in [6.07, 6.45) is 6.12. The van der Waals surface area contributed by atoms with Crippen LogP contribution in [0.4, 0.5) is 0 Å². The molecule has 14 heavy (non-hydrogen) atoms. The van der Waals surface area contributed by atoms with Crippen LogP contribution >= 0.6 is 0 Å². The molecule has 0 heterocycles. The van der Waals surface area contributed by atoms with Gasteiger partial charge >= 0.3 is 0 Å². The van der Waals surface area contributed by atoms with E-state index in [1.54, 1.807) is 0 Å². The third-order valence-corrected chi connectivity index (χ3v) is 3.82. The van der Waals surface area contributed by atoms with E-state index in [4.69, 9.17) is 0 Å². The van der Waals surface area contributed by atoms with Crippen LogP contribution < -0.4 is 0 Å². The fourth-order valence-corrected chi connectivity index (χ4v) is 3.27. The second kappa shape index (κ2) is 3.84. The Morgan fingerprint density at radius 3 is 2.50 bits per heavy atom. The predicted octanol–water partition coefficient (Wildman–Crippen LogP) is 2.36. The van der Waals surface area contributed by atoms with Crippen LogP contribution in [0.25, 0.3) is 0 Å². The maximum atomic E-state index is 11.5. The molecule has 2 bridgehead atoms. The summed E-state index contributed by atoms with van der Waals surface area (Å²) in [6.45, 7) is 1.50. The highest BCUT2D eigenvalue weighted by Crippen LogP contribution is 2.49. The molecular formula is C12H18O2. The summed E-state index contributed by atoms with van der Waals surface area (Å²) in [7, 11) is 0. The summed E-state index contributed by atoms with van der Waals surface area (Å²) in [5.74, 6) is 2.49. The van der Waals surface area contributed by atoms with Gasteiger partial charge in [-0.15, -0.1) is 0 Å². The van der Waals surface area contributed by atoms with Gasteiger partial charge in [0.15, 0.2) is 0 Å². The van der Waals surface area contributed by atoms with Crippen LogP contribution in [0.1, 0.15) is 45.4 Å². The molecule has 78 valence electrons. The van der Waals surface area contributed by atoms with Gasteiger partial charge in [-0.2, -0.15) is 0 Å². The van der Waals surface area contributed by atoms with Gasteiger partial charge in [-0.3, -0.25) is 9.59 Å². The molecule has 3 atom stereocenters. The van der Waals surface area contributed by atoms with Crippen molar-refractivity contribution in [2.24, 2.45) is 17.8 Å². The molecule has 2 saturated carbocycles. The highest BCUT2D eigenvalue weighted by Gasteiger charge is 2.39. The Bertz CT molecular complexity index is 257. The first kappa shape index (κ1) is 9.88. The lowest BCUT2D eigenvalue weighted by Crippen LogP contribution is -2.16. The van der Waals surface area contributed by atoms with Gasteiger partial charge in [0.1, 0.15) is 11.6 Å². The fourth-order valence-electron chi connectivity index (χ4n) is 3.27. The monoisotopic (exact) mass is 194 g/mol. The third kappa shape index (κ3) is 2.05. The Balaban J connectivity index is 1.81. The number of rotatable bonds is 4. The van der Waals surface area contributed by atoms with Gasteiger partial charge in [-0.25, -0.2) is 0 Å². The molecule has 0 aliphatic heterocycles. The van der Waals surface area contributed by atoms with Crippen molar-refractivity contribution in [3.8, 4) is 0 Å². The van der Waals surface area contributed by atoms with E-state index in [1.165, 1.54) is 32.6 Å². The summed E-state index contributed by atoms with van der Waals surface area (Å²) in [4.78, 5) is 22.2. The topological polar surface area (TPSA) is 34.1 Å². The molecule has 0 radical (unpaired) electrons. The minimum atomic E-state index is 0.0122. The predicted molar refractivity (Wildman–Crippen MR) is 53.9 cm³/mol. The molecule has 2 aliphatic rings. The largest absolute Gasteiger partial charge is 0.300 e. The average Bonchev–Trinajstić information content (AvgIpc) is 2.62. The molecule has 0 aromatic rings. The summed E-state index contributed by atoms with van der Waals surface area (Å²) in [5.41, 5.74) is 0. The van der Waals surface area contributed by atoms with Crippen molar-refractivity contribution >= 4 is 11.6 Å². The van der Waals surface area contributed by atoms with Gasteiger partial charge in [0.2, 0.25) is 0 Å². The molecule has 0 amide bonds. The Morgan fingerprint density at radius 2 is 2.00 bits per heavy atom. The molecule has 2 fully saturated rings. The van der Waals surface area contributed by atoms with Crippen molar-refractivity contribution in [2.75, 3.05) is 0 Å². The molecule has 2 nitrogen and oxygen atoms in total. The van der Waals surface area contributed by atoms with Crippen molar-refractivity contribution in [1.29, 1.82) is 0 Å². The first-order chi connectivity index (χ1) is 6.65. The number of hydrogen-bond donors (Lipinski definition) is 0. The smallest absolute Gasteiger partial charge is 0.140 e. The molecule has 2 rings (SSSR count). The molecular weight excluding hydrogens is 176 g/mol. The fraction of sp³-hybridized carbons (Fsp3) is 0.833. The van der Waals surface area contributed by atoms with Gasteiger partial charge < -0.3 is 0 Å². The van der Waals surface area contributed by atoms with Crippen LogP contribution in [0.3, 0.4) is 0 Å². The maximum Gasteiger partial charge on any atom is 0.140 e. The molecule has 3 unspecified atom stereocenters. The SMILES string of the molecule is CC(=O)CC(=O)CC1CC2CCC1C2. The molecule has 2 heteroatoms. The second-order valence-corrected chi connectivity index (χ2v) is 5.06. The second-order valence-electron chi connectivity index (χ2n) is 5.06. The standard InChI is InChI=1S/C12H18O2/c1-8(13)4-12(14)7-11-6-9-2-3-10(11)5-9/h9-11H,2-7H2,1H3. The van der Waals surface area contributed by atoms with Gasteiger partial charge in [-0.1, -0.05) is 6.42 Å².